The molecule has 1 N–H and O–H groups in total. The summed E-state index contributed by atoms with van der Waals surface area (Å²) in [6, 6.07) is 18.4. The average Bonchev–Trinajstić information content (AvgIpc) is 2.64. The summed E-state index contributed by atoms with van der Waals surface area (Å²) in [4.78, 5) is 11.9. The molecule has 2 aromatic carbocycles. The molecule has 0 atom stereocenters. The number of carbonyl (C=O) groups is 1. The first-order chi connectivity index (χ1) is 11.7. The van der Waals surface area contributed by atoms with Crippen LogP contribution in [0.2, 0.25) is 0 Å². The molecule has 24 heavy (non-hydrogen) atoms. The minimum Gasteiger partial charge on any atom is -0.484 e. The van der Waals surface area contributed by atoms with Crippen molar-refractivity contribution >= 4 is 11.6 Å². The van der Waals surface area contributed by atoms with E-state index in [-0.39, 0.29) is 12.5 Å². The van der Waals surface area contributed by atoms with Crippen LogP contribution in [0.1, 0.15) is 30.9 Å². The lowest BCUT2D eigenvalue weighted by molar-refractivity contribution is -0.123. The Morgan fingerprint density at radius 1 is 1.17 bits per heavy atom. The third kappa shape index (κ3) is 5.25. The third-order valence-corrected chi connectivity index (χ3v) is 3.26. The number of amides is 1. The summed E-state index contributed by atoms with van der Waals surface area (Å²) in [7, 11) is 0. The maximum absolute atomic E-state index is 11.9. The molecule has 2 rings (SSSR count). The van der Waals surface area contributed by atoms with Gasteiger partial charge in [0.2, 0.25) is 0 Å². The Labute approximate surface area is 141 Å². The van der Waals surface area contributed by atoms with Crippen LogP contribution in [0, 0.1) is 11.3 Å². The first-order valence-corrected chi connectivity index (χ1v) is 7.76. The average molecular weight is 321 g/mol. The van der Waals surface area contributed by atoms with Gasteiger partial charge in [0.05, 0.1) is 17.3 Å². The number of hydrazone groups is 1. The molecule has 1 amide bonds. The van der Waals surface area contributed by atoms with Gasteiger partial charge in [-0.1, -0.05) is 43.7 Å². The molecule has 5 heteroatoms. The molecule has 2 aromatic rings. The maximum atomic E-state index is 11.9. The van der Waals surface area contributed by atoms with Crippen LogP contribution in [0.4, 0.5) is 0 Å². The van der Waals surface area contributed by atoms with E-state index in [0.29, 0.717) is 11.3 Å². The largest absolute Gasteiger partial charge is 0.484 e. The summed E-state index contributed by atoms with van der Waals surface area (Å²) in [5.74, 6) is 0.203. The highest BCUT2D eigenvalue weighted by molar-refractivity contribution is 6.01. The van der Waals surface area contributed by atoms with E-state index in [0.717, 1.165) is 24.1 Å². The molecule has 0 spiro atoms. The predicted octanol–water partition coefficient (Wildman–Crippen LogP) is 3.26. The number of nitriles is 1. The summed E-state index contributed by atoms with van der Waals surface area (Å²) >= 11 is 0. The fraction of sp³-hybridized carbons (Fsp3) is 0.211. The molecule has 0 aliphatic rings. The normalized spacial score (nSPS) is 10.8. The van der Waals surface area contributed by atoms with Gasteiger partial charge in [0, 0.05) is 0 Å². The fourth-order valence-corrected chi connectivity index (χ4v) is 2.07. The molecule has 122 valence electrons. The second kappa shape index (κ2) is 9.11. The van der Waals surface area contributed by atoms with Gasteiger partial charge in [-0.15, -0.1) is 0 Å². The summed E-state index contributed by atoms with van der Waals surface area (Å²) in [6.45, 7) is 1.93. The van der Waals surface area contributed by atoms with Crippen LogP contribution in [0.25, 0.3) is 0 Å². The Balaban J connectivity index is 1.91. The second-order valence-electron chi connectivity index (χ2n) is 5.13. The lowest BCUT2D eigenvalue weighted by Crippen LogP contribution is -2.26. The van der Waals surface area contributed by atoms with Crippen molar-refractivity contribution in [2.45, 2.75) is 19.8 Å². The zero-order chi connectivity index (χ0) is 17.2. The Kier molecular flexibility index (Phi) is 6.54. The van der Waals surface area contributed by atoms with E-state index < -0.39 is 0 Å². The number of benzene rings is 2. The van der Waals surface area contributed by atoms with Crippen molar-refractivity contribution in [2.75, 3.05) is 6.61 Å². The minimum absolute atomic E-state index is 0.135. The van der Waals surface area contributed by atoms with Gasteiger partial charge in [-0.2, -0.15) is 10.4 Å². The topological polar surface area (TPSA) is 74.5 Å². The Bertz CT molecular complexity index is 731. The Morgan fingerprint density at radius 3 is 2.50 bits per heavy atom. The van der Waals surface area contributed by atoms with Crippen LogP contribution in [0.15, 0.2) is 59.7 Å². The molecule has 0 saturated heterocycles. The zero-order valence-corrected chi connectivity index (χ0v) is 13.5. The van der Waals surface area contributed by atoms with Crippen molar-refractivity contribution in [3.05, 3.63) is 65.7 Å². The van der Waals surface area contributed by atoms with E-state index >= 15 is 0 Å². The third-order valence-electron chi connectivity index (χ3n) is 3.26. The molecular formula is C19H19N3O2. The maximum Gasteiger partial charge on any atom is 0.277 e. The van der Waals surface area contributed by atoms with Crippen LogP contribution in [-0.2, 0) is 4.79 Å². The van der Waals surface area contributed by atoms with Crippen LogP contribution in [0.5, 0.6) is 5.75 Å². The molecule has 5 nitrogen and oxygen atoms in total. The fourth-order valence-electron chi connectivity index (χ4n) is 2.07. The summed E-state index contributed by atoms with van der Waals surface area (Å²) < 4.78 is 5.37. The van der Waals surface area contributed by atoms with E-state index in [9.17, 15) is 4.79 Å². The van der Waals surface area contributed by atoms with Crippen LogP contribution >= 0.6 is 0 Å². The first-order valence-electron chi connectivity index (χ1n) is 7.76. The number of nitrogens with one attached hydrogen (secondary N) is 1. The van der Waals surface area contributed by atoms with E-state index in [2.05, 4.69) is 17.5 Å². The van der Waals surface area contributed by atoms with E-state index in [1.807, 2.05) is 36.4 Å². The lowest BCUT2D eigenvalue weighted by Gasteiger charge is -2.07. The van der Waals surface area contributed by atoms with Gasteiger partial charge in [0.15, 0.2) is 6.61 Å². The molecule has 0 heterocycles. The van der Waals surface area contributed by atoms with Gasteiger partial charge in [-0.25, -0.2) is 5.43 Å². The van der Waals surface area contributed by atoms with E-state index in [1.54, 1.807) is 24.3 Å². The number of hydrogen-bond acceptors (Lipinski definition) is 4. The van der Waals surface area contributed by atoms with Gasteiger partial charge in [0.1, 0.15) is 5.75 Å². The molecular weight excluding hydrogens is 302 g/mol. The summed E-state index contributed by atoms with van der Waals surface area (Å²) in [5.41, 5.74) is 4.91. The van der Waals surface area contributed by atoms with Gasteiger partial charge in [0.25, 0.3) is 5.91 Å². The Morgan fingerprint density at radius 2 is 1.88 bits per heavy atom. The van der Waals surface area contributed by atoms with Crippen molar-refractivity contribution in [3.8, 4) is 11.8 Å². The monoisotopic (exact) mass is 321 g/mol. The number of ether oxygens (including phenoxy) is 1. The number of hydrogen-bond donors (Lipinski definition) is 1. The Hall–Kier alpha value is -3.13. The molecule has 0 radical (unpaired) electrons. The van der Waals surface area contributed by atoms with Gasteiger partial charge in [-0.3, -0.25) is 4.79 Å². The molecule has 0 bridgehead atoms. The number of nitrogens with zero attached hydrogens (tertiary/aromatic N) is 2. The molecule has 0 aliphatic carbocycles. The molecule has 0 fully saturated rings. The van der Waals surface area contributed by atoms with Gasteiger partial charge < -0.3 is 4.74 Å². The lowest BCUT2D eigenvalue weighted by atomic mass is 10.1. The molecule has 0 saturated carbocycles. The molecule has 0 aromatic heterocycles. The first kappa shape index (κ1) is 17.2. The quantitative estimate of drug-likeness (QED) is 0.628. The number of rotatable bonds is 7. The van der Waals surface area contributed by atoms with Gasteiger partial charge >= 0.3 is 0 Å². The smallest absolute Gasteiger partial charge is 0.277 e. The van der Waals surface area contributed by atoms with Crippen LogP contribution in [-0.4, -0.2) is 18.2 Å². The molecule has 0 unspecified atom stereocenters. The van der Waals surface area contributed by atoms with Crippen molar-refractivity contribution in [1.82, 2.24) is 5.43 Å². The molecule has 0 aliphatic heterocycles. The highest BCUT2D eigenvalue weighted by atomic mass is 16.5. The van der Waals surface area contributed by atoms with E-state index in [1.165, 1.54) is 0 Å². The summed E-state index contributed by atoms with van der Waals surface area (Å²) in [6.07, 6.45) is 1.71. The second-order valence-corrected chi connectivity index (χ2v) is 5.13. The minimum atomic E-state index is -0.330. The van der Waals surface area contributed by atoms with Crippen LogP contribution < -0.4 is 10.2 Å². The highest BCUT2D eigenvalue weighted by Gasteiger charge is 2.05. The highest BCUT2D eigenvalue weighted by Crippen LogP contribution is 2.11. The predicted molar refractivity (Wildman–Crippen MR) is 92.7 cm³/mol. The van der Waals surface area contributed by atoms with Crippen molar-refractivity contribution in [3.63, 3.8) is 0 Å². The van der Waals surface area contributed by atoms with Crippen LogP contribution in [0.3, 0.4) is 0 Å². The zero-order valence-electron chi connectivity index (χ0n) is 13.5. The number of carbonyl (C=O) groups excluding carboxylic acids is 1. The summed E-state index contributed by atoms with van der Waals surface area (Å²) in [5, 5.41) is 13.0. The standard InChI is InChI=1S/C19H19N3O2/c1-2-6-18(16-7-4-3-5-8-16)21-22-19(23)14-24-17-11-9-15(13-20)10-12-17/h3-5,7-12H,2,6,14H2,1H3,(H,22,23). The van der Waals surface area contributed by atoms with Gasteiger partial charge in [-0.05, 0) is 36.2 Å². The van der Waals surface area contributed by atoms with E-state index in [4.69, 9.17) is 10.00 Å². The van der Waals surface area contributed by atoms with Crippen molar-refractivity contribution in [1.29, 1.82) is 5.26 Å². The van der Waals surface area contributed by atoms with Crippen molar-refractivity contribution in [2.24, 2.45) is 5.10 Å². The SMILES string of the molecule is CCCC(=NNC(=O)COc1ccc(C#N)cc1)c1ccccc1. The van der Waals surface area contributed by atoms with Crippen molar-refractivity contribution < 1.29 is 9.53 Å².